The monoisotopic (exact) mass is 347 g/mol. The summed E-state index contributed by atoms with van der Waals surface area (Å²) in [6, 6.07) is 15.2. The number of nitrogens with one attached hydrogen (secondary N) is 1. The molecule has 2 aromatic carbocycles. The predicted molar refractivity (Wildman–Crippen MR) is 96.6 cm³/mol. The number of carbonyl (C=O) groups is 1. The summed E-state index contributed by atoms with van der Waals surface area (Å²) >= 11 is 5.87. The van der Waals surface area contributed by atoms with Gasteiger partial charge in [0.15, 0.2) is 5.60 Å². The molecule has 0 aliphatic heterocycles. The highest BCUT2D eigenvalue weighted by Gasteiger charge is 2.31. The smallest absolute Gasteiger partial charge is 0.349 e. The lowest BCUT2D eigenvalue weighted by Crippen LogP contribution is -2.39. The van der Waals surface area contributed by atoms with Crippen LogP contribution in [0.3, 0.4) is 0 Å². The molecule has 0 heterocycles. The normalized spacial score (nSPS) is 11.0. The van der Waals surface area contributed by atoms with E-state index in [2.05, 4.69) is 5.32 Å². The van der Waals surface area contributed by atoms with Crippen molar-refractivity contribution in [2.24, 2.45) is 0 Å². The average molecular weight is 348 g/mol. The molecule has 128 valence electrons. The van der Waals surface area contributed by atoms with Gasteiger partial charge in [-0.2, -0.15) is 0 Å². The first-order valence-electron chi connectivity index (χ1n) is 7.85. The Morgan fingerprint density at radius 2 is 1.71 bits per heavy atom. The molecule has 1 N–H and O–H groups in total. The first kappa shape index (κ1) is 18.1. The summed E-state index contributed by atoms with van der Waals surface area (Å²) in [7, 11) is 0. The van der Waals surface area contributed by atoms with E-state index in [4.69, 9.17) is 21.1 Å². The van der Waals surface area contributed by atoms with Crippen LogP contribution in [0.25, 0.3) is 0 Å². The number of hydrogen-bond donors (Lipinski definition) is 1. The van der Waals surface area contributed by atoms with E-state index in [0.717, 1.165) is 11.3 Å². The number of benzene rings is 2. The molecule has 2 aromatic rings. The van der Waals surface area contributed by atoms with Crippen molar-refractivity contribution in [2.75, 3.05) is 11.9 Å². The van der Waals surface area contributed by atoms with E-state index >= 15 is 0 Å². The zero-order chi connectivity index (χ0) is 17.6. The molecular formula is C19H22ClNO3. The Hall–Kier alpha value is -2.20. The Balaban J connectivity index is 1.92. The lowest BCUT2D eigenvalue weighted by Gasteiger charge is -2.24. The molecule has 0 bridgehead atoms. The molecule has 0 unspecified atom stereocenters. The van der Waals surface area contributed by atoms with Crippen molar-refractivity contribution in [1.29, 1.82) is 0 Å². The van der Waals surface area contributed by atoms with Crippen LogP contribution in [0.1, 0.15) is 26.3 Å². The van der Waals surface area contributed by atoms with Gasteiger partial charge < -0.3 is 14.8 Å². The Morgan fingerprint density at radius 3 is 2.29 bits per heavy atom. The molecule has 0 spiro atoms. The van der Waals surface area contributed by atoms with Crippen molar-refractivity contribution in [3.05, 3.63) is 59.1 Å². The summed E-state index contributed by atoms with van der Waals surface area (Å²) in [4.78, 5) is 11.9. The van der Waals surface area contributed by atoms with Crippen LogP contribution in [0.4, 0.5) is 5.69 Å². The van der Waals surface area contributed by atoms with Gasteiger partial charge in [-0.25, -0.2) is 4.79 Å². The summed E-state index contributed by atoms with van der Waals surface area (Å²) in [6.45, 7) is 6.18. The highest BCUT2D eigenvalue weighted by atomic mass is 35.5. The van der Waals surface area contributed by atoms with E-state index in [9.17, 15) is 4.79 Å². The Kier molecular flexibility index (Phi) is 6.10. The van der Waals surface area contributed by atoms with E-state index in [1.165, 1.54) is 0 Å². The van der Waals surface area contributed by atoms with Crippen LogP contribution in [-0.2, 0) is 16.1 Å². The van der Waals surface area contributed by atoms with Crippen molar-refractivity contribution in [3.63, 3.8) is 0 Å². The topological polar surface area (TPSA) is 47.6 Å². The molecule has 5 heteroatoms. The van der Waals surface area contributed by atoms with E-state index in [1.54, 1.807) is 20.8 Å². The number of anilines is 1. The lowest BCUT2D eigenvalue weighted by molar-refractivity contribution is -0.158. The van der Waals surface area contributed by atoms with Gasteiger partial charge in [0.05, 0.1) is 6.61 Å². The van der Waals surface area contributed by atoms with Gasteiger partial charge in [0.2, 0.25) is 0 Å². The molecule has 0 radical (unpaired) electrons. The molecule has 0 saturated heterocycles. The second-order valence-corrected chi connectivity index (χ2v) is 6.27. The molecule has 0 amide bonds. The summed E-state index contributed by atoms with van der Waals surface area (Å²) in [5.74, 6) is 0.252. The summed E-state index contributed by atoms with van der Waals surface area (Å²) in [5, 5.41) is 4.03. The Morgan fingerprint density at radius 1 is 1.08 bits per heavy atom. The fourth-order valence-electron chi connectivity index (χ4n) is 2.09. The highest BCUT2D eigenvalue weighted by molar-refractivity contribution is 6.30. The minimum Gasteiger partial charge on any atom is -0.476 e. The zero-order valence-corrected chi connectivity index (χ0v) is 14.9. The van der Waals surface area contributed by atoms with Crippen molar-refractivity contribution >= 4 is 23.3 Å². The quantitative estimate of drug-likeness (QED) is 0.739. The molecular weight excluding hydrogens is 326 g/mol. The van der Waals surface area contributed by atoms with Gasteiger partial charge in [0.1, 0.15) is 5.75 Å². The van der Waals surface area contributed by atoms with Crippen LogP contribution in [0.5, 0.6) is 5.75 Å². The molecule has 4 nitrogen and oxygen atoms in total. The summed E-state index contributed by atoms with van der Waals surface area (Å²) in [6.07, 6.45) is 0. The molecule has 0 aromatic heterocycles. The maximum atomic E-state index is 11.9. The van der Waals surface area contributed by atoms with Crippen LogP contribution < -0.4 is 10.1 Å². The molecule has 0 aliphatic rings. The van der Waals surface area contributed by atoms with Gasteiger partial charge in [-0.3, -0.25) is 0 Å². The van der Waals surface area contributed by atoms with Crippen LogP contribution in [0, 0.1) is 0 Å². The number of halogens is 1. The van der Waals surface area contributed by atoms with Gasteiger partial charge >= 0.3 is 5.97 Å². The first-order valence-corrected chi connectivity index (χ1v) is 8.23. The van der Waals surface area contributed by atoms with Crippen molar-refractivity contribution in [2.45, 2.75) is 32.9 Å². The van der Waals surface area contributed by atoms with Gasteiger partial charge in [-0.05, 0) is 62.7 Å². The van der Waals surface area contributed by atoms with Gasteiger partial charge in [-0.15, -0.1) is 0 Å². The van der Waals surface area contributed by atoms with Crippen molar-refractivity contribution in [3.8, 4) is 5.75 Å². The standard InChI is InChI=1S/C19H22ClNO3/c1-4-23-18(22)19(2,3)24-17-11-5-14(6-12-17)13-21-16-9-7-15(20)8-10-16/h5-12,21H,4,13H2,1-3H3. The predicted octanol–water partition coefficient (Wildman–Crippen LogP) is 4.67. The van der Waals surface area contributed by atoms with Gasteiger partial charge in [0.25, 0.3) is 0 Å². The van der Waals surface area contributed by atoms with Crippen LogP contribution in [-0.4, -0.2) is 18.2 Å². The van der Waals surface area contributed by atoms with Crippen LogP contribution >= 0.6 is 11.6 Å². The summed E-state index contributed by atoms with van der Waals surface area (Å²) in [5.41, 5.74) is 1.09. The van der Waals surface area contributed by atoms with Crippen molar-refractivity contribution < 1.29 is 14.3 Å². The number of hydrogen-bond acceptors (Lipinski definition) is 4. The van der Waals surface area contributed by atoms with Gasteiger partial charge in [0, 0.05) is 17.3 Å². The lowest BCUT2D eigenvalue weighted by atomic mass is 10.1. The minimum atomic E-state index is -1.01. The molecule has 2 rings (SSSR count). The van der Waals surface area contributed by atoms with E-state index < -0.39 is 5.60 Å². The summed E-state index contributed by atoms with van der Waals surface area (Å²) < 4.78 is 10.8. The fraction of sp³-hybridized carbons (Fsp3) is 0.316. The molecule has 0 fully saturated rings. The maximum Gasteiger partial charge on any atom is 0.349 e. The van der Waals surface area contributed by atoms with Gasteiger partial charge in [-0.1, -0.05) is 23.7 Å². The molecule has 0 saturated carbocycles. The first-order chi connectivity index (χ1) is 11.4. The highest BCUT2D eigenvalue weighted by Crippen LogP contribution is 2.21. The SMILES string of the molecule is CCOC(=O)C(C)(C)Oc1ccc(CNc2ccc(Cl)cc2)cc1. The second-order valence-electron chi connectivity index (χ2n) is 5.84. The number of esters is 1. The third-order valence-corrected chi connectivity index (χ3v) is 3.66. The number of carbonyl (C=O) groups excluding carboxylic acids is 1. The maximum absolute atomic E-state index is 11.9. The third-order valence-electron chi connectivity index (χ3n) is 3.40. The van der Waals surface area contributed by atoms with Crippen molar-refractivity contribution in [1.82, 2.24) is 0 Å². The number of ether oxygens (including phenoxy) is 2. The third kappa shape index (κ3) is 5.17. The Bertz CT molecular complexity index is 666. The average Bonchev–Trinajstić information content (AvgIpc) is 2.55. The van der Waals surface area contributed by atoms with Crippen LogP contribution in [0.2, 0.25) is 5.02 Å². The Labute approximate surface area is 147 Å². The largest absolute Gasteiger partial charge is 0.476 e. The molecule has 24 heavy (non-hydrogen) atoms. The van der Waals surface area contributed by atoms with E-state index in [1.807, 2.05) is 48.5 Å². The van der Waals surface area contributed by atoms with E-state index in [-0.39, 0.29) is 5.97 Å². The minimum absolute atomic E-state index is 0.334. The second kappa shape index (κ2) is 8.06. The van der Waals surface area contributed by atoms with Crippen LogP contribution in [0.15, 0.2) is 48.5 Å². The molecule has 0 aliphatic carbocycles. The fourth-order valence-corrected chi connectivity index (χ4v) is 2.21. The van der Waals surface area contributed by atoms with E-state index in [0.29, 0.717) is 23.9 Å². The zero-order valence-electron chi connectivity index (χ0n) is 14.1. The molecule has 0 atom stereocenters. The number of rotatable bonds is 7.